The Morgan fingerprint density at radius 1 is 1.23 bits per heavy atom. The Balaban J connectivity index is 1.60. The predicted molar refractivity (Wildman–Crippen MR) is 86.7 cm³/mol. The van der Waals surface area contributed by atoms with Crippen molar-refractivity contribution in [1.29, 1.82) is 0 Å². The van der Waals surface area contributed by atoms with Crippen molar-refractivity contribution in [3.63, 3.8) is 0 Å². The fourth-order valence-corrected chi connectivity index (χ4v) is 3.12. The molecule has 0 saturated heterocycles. The van der Waals surface area contributed by atoms with Crippen LogP contribution in [0.1, 0.15) is 16.8 Å². The summed E-state index contributed by atoms with van der Waals surface area (Å²) in [4.78, 5) is 21.3. The van der Waals surface area contributed by atoms with Crippen LogP contribution in [-0.2, 0) is 19.5 Å². The maximum absolute atomic E-state index is 13.4. The molecule has 1 aliphatic rings. The van der Waals surface area contributed by atoms with Gasteiger partial charge in [0.1, 0.15) is 0 Å². The zero-order valence-corrected chi connectivity index (χ0v) is 13.6. The predicted octanol–water partition coefficient (Wildman–Crippen LogP) is 3.01. The minimum Gasteiger partial charge on any atom is -0.461 e. The van der Waals surface area contributed by atoms with Gasteiger partial charge in [-0.15, -0.1) is 0 Å². The van der Waals surface area contributed by atoms with Gasteiger partial charge in [0.25, 0.3) is 5.56 Å². The van der Waals surface area contributed by atoms with E-state index in [2.05, 4.69) is 9.97 Å². The fraction of sp³-hybridized carbons (Fsp3) is 0.222. The summed E-state index contributed by atoms with van der Waals surface area (Å²) in [6.45, 7) is 1.09. The number of nitrogens with zero attached hydrogens (tertiary/aromatic N) is 2. The summed E-state index contributed by atoms with van der Waals surface area (Å²) < 4.78 is 45.1. The molecule has 0 radical (unpaired) electrons. The van der Waals surface area contributed by atoms with E-state index in [1.165, 1.54) is 6.26 Å². The number of aromatic amines is 1. The average Bonchev–Trinajstić information content (AvgIpc) is 3.14. The first-order valence-corrected chi connectivity index (χ1v) is 8.03. The largest absolute Gasteiger partial charge is 0.461 e. The molecule has 4 rings (SSSR count). The maximum atomic E-state index is 13.4. The number of halogens is 3. The molecule has 3 aromatic rings. The molecule has 26 heavy (non-hydrogen) atoms. The highest BCUT2D eigenvalue weighted by Gasteiger charge is 2.22. The van der Waals surface area contributed by atoms with Crippen molar-refractivity contribution in [2.75, 3.05) is 6.54 Å². The highest BCUT2D eigenvalue weighted by molar-refractivity contribution is 5.47. The zero-order chi connectivity index (χ0) is 18.3. The summed E-state index contributed by atoms with van der Waals surface area (Å²) in [5, 5.41) is 0. The van der Waals surface area contributed by atoms with Crippen molar-refractivity contribution in [2.24, 2.45) is 0 Å². The lowest BCUT2D eigenvalue weighted by Gasteiger charge is -2.27. The molecule has 0 spiro atoms. The molecular weight excluding hydrogens is 347 g/mol. The van der Waals surface area contributed by atoms with Gasteiger partial charge in [-0.2, -0.15) is 0 Å². The van der Waals surface area contributed by atoms with Gasteiger partial charge in [0.2, 0.25) is 0 Å². The molecule has 1 aliphatic heterocycles. The van der Waals surface area contributed by atoms with Crippen LogP contribution in [0.25, 0.3) is 11.6 Å². The molecule has 0 saturated carbocycles. The number of fused-ring (bicyclic) bond motifs is 1. The van der Waals surface area contributed by atoms with Gasteiger partial charge in [0, 0.05) is 25.2 Å². The molecule has 2 aromatic heterocycles. The van der Waals surface area contributed by atoms with E-state index in [4.69, 9.17) is 4.42 Å². The number of aromatic nitrogens is 2. The lowest BCUT2D eigenvalue weighted by molar-refractivity contribution is 0.239. The average molecular weight is 361 g/mol. The molecule has 3 heterocycles. The van der Waals surface area contributed by atoms with E-state index in [1.807, 2.05) is 4.90 Å². The van der Waals surface area contributed by atoms with Crippen LogP contribution in [0.5, 0.6) is 0 Å². The van der Waals surface area contributed by atoms with Gasteiger partial charge >= 0.3 is 0 Å². The van der Waals surface area contributed by atoms with Crippen molar-refractivity contribution in [3.8, 4) is 11.6 Å². The van der Waals surface area contributed by atoms with Crippen molar-refractivity contribution >= 4 is 0 Å². The molecule has 0 amide bonds. The zero-order valence-electron chi connectivity index (χ0n) is 13.6. The van der Waals surface area contributed by atoms with Crippen molar-refractivity contribution in [2.45, 2.75) is 19.5 Å². The molecule has 0 aliphatic carbocycles. The second-order valence-electron chi connectivity index (χ2n) is 6.15. The van der Waals surface area contributed by atoms with E-state index in [9.17, 15) is 18.0 Å². The summed E-state index contributed by atoms with van der Waals surface area (Å²) in [7, 11) is 0. The Morgan fingerprint density at radius 3 is 2.69 bits per heavy atom. The third-order valence-corrected chi connectivity index (χ3v) is 4.36. The summed E-state index contributed by atoms with van der Waals surface area (Å²) in [6.07, 6.45) is 1.95. The highest BCUT2D eigenvalue weighted by atomic mass is 19.2. The Labute approximate surface area is 146 Å². The molecule has 0 atom stereocenters. The first-order valence-electron chi connectivity index (χ1n) is 8.03. The van der Waals surface area contributed by atoms with E-state index in [0.29, 0.717) is 47.9 Å². The summed E-state index contributed by atoms with van der Waals surface area (Å²) in [5.41, 5.74) is 1.28. The topological polar surface area (TPSA) is 62.1 Å². The van der Waals surface area contributed by atoms with Gasteiger partial charge in [-0.05, 0) is 36.2 Å². The Hall–Kier alpha value is -2.87. The van der Waals surface area contributed by atoms with Crippen LogP contribution in [0.3, 0.4) is 0 Å². The summed E-state index contributed by atoms with van der Waals surface area (Å²) >= 11 is 0. The third-order valence-electron chi connectivity index (χ3n) is 4.36. The smallest absolute Gasteiger partial charge is 0.254 e. The van der Waals surface area contributed by atoms with Crippen molar-refractivity contribution < 1.29 is 17.6 Å². The molecule has 134 valence electrons. The Bertz CT molecular complexity index is 992. The molecule has 1 aromatic carbocycles. The van der Waals surface area contributed by atoms with E-state index >= 15 is 0 Å². The van der Waals surface area contributed by atoms with Crippen molar-refractivity contribution in [3.05, 3.63) is 75.2 Å². The Morgan fingerprint density at radius 2 is 2.00 bits per heavy atom. The van der Waals surface area contributed by atoms with Gasteiger partial charge in [-0.3, -0.25) is 9.69 Å². The van der Waals surface area contributed by atoms with Crippen LogP contribution in [0.4, 0.5) is 13.2 Å². The Kier molecular flexibility index (Phi) is 4.12. The monoisotopic (exact) mass is 361 g/mol. The first kappa shape index (κ1) is 16.6. The van der Waals surface area contributed by atoms with Crippen LogP contribution in [0, 0.1) is 17.5 Å². The fourth-order valence-electron chi connectivity index (χ4n) is 3.12. The number of rotatable bonds is 3. The summed E-state index contributed by atoms with van der Waals surface area (Å²) in [6, 6.07) is 5.34. The molecule has 0 fully saturated rings. The minimum atomic E-state index is -1.48. The molecule has 1 N–H and O–H groups in total. The highest BCUT2D eigenvalue weighted by Crippen LogP contribution is 2.21. The van der Waals surface area contributed by atoms with Crippen LogP contribution in [-0.4, -0.2) is 21.4 Å². The second kappa shape index (κ2) is 6.45. The van der Waals surface area contributed by atoms with Crippen LogP contribution >= 0.6 is 0 Å². The van der Waals surface area contributed by atoms with Gasteiger partial charge < -0.3 is 9.40 Å². The lowest BCUT2D eigenvalue weighted by atomic mass is 10.1. The van der Waals surface area contributed by atoms with Crippen LogP contribution < -0.4 is 5.56 Å². The van der Waals surface area contributed by atoms with E-state index in [0.717, 1.165) is 12.1 Å². The molecule has 0 bridgehead atoms. The van der Waals surface area contributed by atoms with Crippen molar-refractivity contribution in [1.82, 2.24) is 14.9 Å². The number of hydrogen-bond acceptors (Lipinski definition) is 4. The normalized spacial score (nSPS) is 14.4. The number of hydrogen-bond donors (Lipinski definition) is 1. The van der Waals surface area contributed by atoms with Crippen LogP contribution in [0.2, 0.25) is 0 Å². The third kappa shape index (κ3) is 3.03. The van der Waals surface area contributed by atoms with Gasteiger partial charge in [-0.1, -0.05) is 0 Å². The number of nitrogens with one attached hydrogen (secondary N) is 1. The minimum absolute atomic E-state index is 0.220. The lowest BCUT2D eigenvalue weighted by Crippen LogP contribution is -2.35. The van der Waals surface area contributed by atoms with Gasteiger partial charge in [0.05, 0.1) is 12.0 Å². The summed E-state index contributed by atoms with van der Waals surface area (Å²) in [5.74, 6) is -3.13. The maximum Gasteiger partial charge on any atom is 0.254 e. The number of benzene rings is 1. The quantitative estimate of drug-likeness (QED) is 0.729. The van der Waals surface area contributed by atoms with E-state index in [1.54, 1.807) is 12.1 Å². The standard InChI is InChI=1S/C18H14F3N3O2/c19-12-6-10(7-13(20)16(12)21)8-24-4-3-11-14(9-24)22-17(23-18(11)25)15-2-1-5-26-15/h1-2,5-7H,3-4,8-9H2,(H,22,23,25). The molecule has 5 nitrogen and oxygen atoms in total. The SMILES string of the molecule is O=c1[nH]c(-c2ccco2)nc2c1CCN(Cc1cc(F)c(F)c(F)c1)C2. The van der Waals surface area contributed by atoms with Gasteiger partial charge in [-0.25, -0.2) is 18.2 Å². The number of furan rings is 1. The molecular formula is C18H14F3N3O2. The number of H-pyrrole nitrogens is 1. The van der Waals surface area contributed by atoms with Gasteiger partial charge in [0.15, 0.2) is 29.0 Å². The van der Waals surface area contributed by atoms with E-state index < -0.39 is 17.5 Å². The molecule has 0 unspecified atom stereocenters. The molecule has 8 heteroatoms. The van der Waals surface area contributed by atoms with E-state index in [-0.39, 0.29) is 12.1 Å². The van der Waals surface area contributed by atoms with Crippen LogP contribution in [0.15, 0.2) is 39.7 Å². The second-order valence-corrected chi connectivity index (χ2v) is 6.15. The first-order chi connectivity index (χ1) is 12.5.